The average molecular weight is 1370 g/mol. The van der Waals surface area contributed by atoms with Gasteiger partial charge in [-0.3, -0.25) is 19.2 Å². The quantitative estimate of drug-likeness (QED) is 0.0953. The van der Waals surface area contributed by atoms with Gasteiger partial charge in [-0.15, -0.1) is 0 Å². The lowest BCUT2D eigenvalue weighted by Crippen LogP contribution is -2.30. The van der Waals surface area contributed by atoms with E-state index in [1.54, 1.807) is 22.2 Å². The average Bonchev–Trinajstić information content (AvgIpc) is 1.72. The second-order valence-corrected chi connectivity index (χ2v) is 27.5. The Hall–Kier alpha value is -10.8. The van der Waals surface area contributed by atoms with Crippen molar-refractivity contribution in [1.82, 2.24) is 34.1 Å². The summed E-state index contributed by atoms with van der Waals surface area (Å²) in [5, 5.41) is 0. The van der Waals surface area contributed by atoms with Gasteiger partial charge in [-0.1, -0.05) is 239 Å². The van der Waals surface area contributed by atoms with Gasteiger partial charge in [0, 0.05) is 52.2 Å². The fourth-order valence-electron chi connectivity index (χ4n) is 10.7. The molecule has 4 aromatic heterocycles. The van der Waals surface area contributed by atoms with Crippen molar-refractivity contribution in [3.8, 4) is 28.6 Å². The molecule has 18 nitrogen and oxygen atoms in total. The van der Waals surface area contributed by atoms with Crippen LogP contribution in [0.3, 0.4) is 0 Å². The van der Waals surface area contributed by atoms with E-state index in [4.69, 9.17) is 9.47 Å². The third kappa shape index (κ3) is 16.5. The smallest absolute Gasteiger partial charge is 0.346 e. The predicted molar refractivity (Wildman–Crippen MR) is 387 cm³/mol. The molecule has 1 aliphatic rings. The molecule has 0 aliphatic carbocycles. The van der Waals surface area contributed by atoms with Crippen LogP contribution in [-0.2, 0) is 44.6 Å². The summed E-state index contributed by atoms with van der Waals surface area (Å²) < 4.78 is 21.6. The van der Waals surface area contributed by atoms with Gasteiger partial charge in [0.1, 0.15) is 0 Å². The van der Waals surface area contributed by atoms with E-state index < -0.39 is 0 Å². The van der Waals surface area contributed by atoms with Crippen molar-refractivity contribution in [3.05, 3.63) is 373 Å². The number of aromatic nitrogens is 8. The highest BCUT2D eigenvalue weighted by atomic mass is 32.1. The monoisotopic (exact) mass is 1370 g/mol. The fraction of sp³-hybridized carbons (Fsp3) is 0.173. The molecule has 22 heteroatoms. The topological polar surface area (TPSA) is 194 Å². The molecule has 0 N–H and O–H groups in total. The first-order chi connectivity index (χ1) is 46.9. The Morgan fingerprint density at radius 3 is 1.30 bits per heavy atom. The highest BCUT2D eigenvalue weighted by Gasteiger charge is 2.24. The molecule has 1 aliphatic heterocycles. The zero-order chi connectivity index (χ0) is 68.2. The Morgan fingerprint density at radius 1 is 0.371 bits per heavy atom. The Bertz CT molecular complexity index is 5340. The number of ether oxygens (including phenoxy) is 2. The van der Waals surface area contributed by atoms with Crippen molar-refractivity contribution < 1.29 is 9.47 Å². The Balaban J connectivity index is 0.000000132. The Kier molecular flexibility index (Phi) is 21.4. The SMILES string of the molecule is Cc1ccc(Cn2sc(=O)n(Cc3ccccc3)c2=O)cc1.Cc1cccc(C(C)(C)C)c1-n1sc(=O)n(Cc2ccccc2)c1=O.O=c1sn(-c2ccc3c(c2)OCO3)c(=O)n1Cc1ccccc1.O=c1sn(-c2ccccc2Cc2ccccc2)c(=O)n1Cc1ccccc1. The predicted octanol–water partition coefficient (Wildman–Crippen LogP) is 11.7. The van der Waals surface area contributed by atoms with Crippen LogP contribution in [0, 0.1) is 13.8 Å². The maximum absolute atomic E-state index is 13.0. The van der Waals surface area contributed by atoms with Crippen molar-refractivity contribution in [2.75, 3.05) is 6.79 Å². The first kappa shape index (κ1) is 67.6. The second kappa shape index (κ2) is 30.7. The van der Waals surface area contributed by atoms with Crippen molar-refractivity contribution in [1.29, 1.82) is 0 Å². The Morgan fingerprint density at radius 2 is 0.784 bits per heavy atom. The van der Waals surface area contributed by atoms with Gasteiger partial charge in [0.05, 0.1) is 49.8 Å². The number of hydrogen-bond donors (Lipinski definition) is 0. The van der Waals surface area contributed by atoms with E-state index in [2.05, 4.69) is 32.9 Å². The molecule has 0 amide bonds. The fourth-order valence-corrected chi connectivity index (χ4v) is 14.1. The molecule has 5 heterocycles. The lowest BCUT2D eigenvalue weighted by molar-refractivity contribution is 0.174. The van der Waals surface area contributed by atoms with E-state index in [9.17, 15) is 38.4 Å². The lowest BCUT2D eigenvalue weighted by Gasteiger charge is -2.23. The first-order valence-electron chi connectivity index (χ1n) is 31.0. The second-order valence-electron chi connectivity index (χ2n) is 23.8. The number of para-hydroxylation sites is 2. The van der Waals surface area contributed by atoms with Crippen LogP contribution in [0.5, 0.6) is 11.5 Å². The lowest BCUT2D eigenvalue weighted by atomic mass is 9.85. The van der Waals surface area contributed by atoms with E-state index in [1.807, 2.05) is 220 Å². The molecule has 0 saturated carbocycles. The zero-order valence-corrected chi connectivity index (χ0v) is 57.0. The molecule has 0 spiro atoms. The largest absolute Gasteiger partial charge is 0.454 e. The van der Waals surface area contributed by atoms with Crippen LogP contribution < -0.4 is 51.7 Å². The van der Waals surface area contributed by atoms with E-state index in [1.165, 1.54) is 35.7 Å². The van der Waals surface area contributed by atoms with Gasteiger partial charge in [-0.05, 0) is 94.0 Å². The van der Waals surface area contributed by atoms with Gasteiger partial charge in [0.25, 0.3) is 0 Å². The maximum Gasteiger partial charge on any atom is 0.346 e. The number of nitrogens with zero attached hydrogens (tertiary/aromatic N) is 8. The molecule has 0 bridgehead atoms. The van der Waals surface area contributed by atoms with Gasteiger partial charge in [-0.2, -0.15) is 0 Å². The standard InChI is InChI=1S/C22H18N2O2S.C20H22N2O2S.C17H16N2O2S.C16H12N2O4S/c25-21-23(16-18-11-5-2-6-12-18)22(26)27-24(21)20-14-8-7-13-19(20)15-17-9-3-1-4-10-17;1-14-9-8-12-16(20(2,3)4)17(14)22-18(23)21(19(24)25-22)13-15-10-6-5-7-11-15;1-13-7-9-15(10-8-13)12-19-16(20)18(17(21)22-19)11-14-5-3-2-4-6-14;19-15-17(9-11-4-2-1-3-5-11)16(20)23-18(15)12-6-7-13-14(8-12)22-10-21-13/h1-14H,15-16H2;5-12H,13H2,1-4H3;2-10H,11-12H2,1H3;1-8H,9-10H2. The molecule has 14 rings (SSSR count). The van der Waals surface area contributed by atoms with Crippen LogP contribution in [-0.4, -0.2) is 40.9 Å². The molecule has 13 aromatic rings. The summed E-state index contributed by atoms with van der Waals surface area (Å²) >= 11 is 3.76. The summed E-state index contributed by atoms with van der Waals surface area (Å²) in [6.07, 6.45) is 0.703. The number of fused-ring (bicyclic) bond motifs is 1. The summed E-state index contributed by atoms with van der Waals surface area (Å²) in [6, 6.07) is 75.0. The van der Waals surface area contributed by atoms with Crippen LogP contribution in [0.1, 0.15) is 76.4 Å². The van der Waals surface area contributed by atoms with Crippen molar-refractivity contribution in [3.63, 3.8) is 0 Å². The van der Waals surface area contributed by atoms with Crippen LogP contribution in [0.15, 0.2) is 275 Å². The molecule has 0 atom stereocenters. The third-order valence-corrected chi connectivity index (χ3v) is 19.3. The third-order valence-electron chi connectivity index (χ3n) is 15.7. The van der Waals surface area contributed by atoms with Gasteiger partial charge >= 0.3 is 42.3 Å². The highest BCUT2D eigenvalue weighted by molar-refractivity contribution is 7.04. The van der Waals surface area contributed by atoms with Gasteiger partial charge in [0.2, 0.25) is 6.79 Å². The number of hydrogen-bond acceptors (Lipinski definition) is 14. The minimum atomic E-state index is -0.359. The molecule has 0 radical (unpaired) electrons. The van der Waals surface area contributed by atoms with Crippen LogP contribution >= 0.6 is 46.1 Å². The van der Waals surface area contributed by atoms with Crippen molar-refractivity contribution in [2.45, 2.75) is 79.2 Å². The normalized spacial score (nSPS) is 11.4. The zero-order valence-electron chi connectivity index (χ0n) is 53.8. The number of rotatable bonds is 15. The summed E-state index contributed by atoms with van der Waals surface area (Å²) in [4.78, 5) is 99.0. The Labute approximate surface area is 573 Å². The van der Waals surface area contributed by atoms with E-state index >= 15 is 0 Å². The van der Waals surface area contributed by atoms with Crippen molar-refractivity contribution >= 4 is 46.1 Å². The molecule has 0 fully saturated rings. The van der Waals surface area contributed by atoms with E-state index in [-0.39, 0.29) is 67.5 Å². The summed E-state index contributed by atoms with van der Waals surface area (Å²) in [5.74, 6) is 1.21. The minimum Gasteiger partial charge on any atom is -0.454 e. The molecule has 492 valence electrons. The van der Waals surface area contributed by atoms with Gasteiger partial charge in [0.15, 0.2) is 11.5 Å². The van der Waals surface area contributed by atoms with Crippen LogP contribution in [0.4, 0.5) is 0 Å². The first-order valence-corrected chi connectivity index (χ1v) is 34.1. The summed E-state index contributed by atoms with van der Waals surface area (Å²) in [5.41, 5.74) is 11.0. The number of aryl methyl sites for hydroxylation is 2. The summed E-state index contributed by atoms with van der Waals surface area (Å²) in [6.45, 7) is 12.1. The van der Waals surface area contributed by atoms with Gasteiger partial charge < -0.3 is 9.47 Å². The molecule has 0 saturated heterocycles. The molecular formula is C75H68N8O10S4. The molecular weight excluding hydrogens is 1300 g/mol. The van der Waals surface area contributed by atoms with Crippen molar-refractivity contribution in [2.24, 2.45) is 0 Å². The van der Waals surface area contributed by atoms with E-state index in [0.29, 0.717) is 43.2 Å². The molecule has 97 heavy (non-hydrogen) atoms. The van der Waals surface area contributed by atoms with E-state index in [0.717, 1.165) is 108 Å². The number of benzene rings is 9. The summed E-state index contributed by atoms with van der Waals surface area (Å²) in [7, 11) is 0. The minimum absolute atomic E-state index is 0.127. The van der Waals surface area contributed by atoms with Crippen LogP contribution in [0.25, 0.3) is 17.1 Å². The molecule has 9 aromatic carbocycles. The molecule has 0 unspecified atom stereocenters. The maximum atomic E-state index is 13.0. The highest BCUT2D eigenvalue weighted by Crippen LogP contribution is 2.34. The van der Waals surface area contributed by atoms with Gasteiger partial charge in [-0.25, -0.2) is 53.3 Å². The van der Waals surface area contributed by atoms with Crippen LogP contribution in [0.2, 0.25) is 0 Å².